The van der Waals surface area contributed by atoms with Gasteiger partial charge in [0.25, 0.3) is 0 Å². The minimum Gasteiger partial charge on any atom is -0.457 e. The Hall–Kier alpha value is -1.38. The first-order valence-electron chi connectivity index (χ1n) is 8.06. The normalized spacial score (nSPS) is 28.4. The molecule has 3 heteroatoms. The zero-order valence-corrected chi connectivity index (χ0v) is 13.5. The van der Waals surface area contributed by atoms with Gasteiger partial charge in [0.05, 0.1) is 5.56 Å². The second-order valence-electron chi connectivity index (χ2n) is 7.38. The summed E-state index contributed by atoms with van der Waals surface area (Å²) in [5.41, 5.74) is 1.68. The van der Waals surface area contributed by atoms with Crippen LogP contribution in [-0.4, -0.2) is 11.6 Å². The van der Waals surface area contributed by atoms with Gasteiger partial charge < -0.3 is 4.42 Å². The molecule has 2 aliphatic carbocycles. The summed E-state index contributed by atoms with van der Waals surface area (Å²) in [4.78, 5) is 25.1. The van der Waals surface area contributed by atoms with Crippen molar-refractivity contribution in [2.75, 3.05) is 0 Å². The highest BCUT2D eigenvalue weighted by atomic mass is 16.4. The Morgan fingerprint density at radius 1 is 1.14 bits per heavy atom. The summed E-state index contributed by atoms with van der Waals surface area (Å²) in [6.07, 6.45) is 1.45. The number of carbonyl (C=O) groups is 2. The number of ketones is 2. The van der Waals surface area contributed by atoms with Crippen molar-refractivity contribution in [2.24, 2.45) is 17.8 Å². The van der Waals surface area contributed by atoms with Crippen molar-refractivity contribution in [3.8, 4) is 0 Å². The Morgan fingerprint density at radius 2 is 1.81 bits per heavy atom. The molecule has 0 radical (unpaired) electrons. The molecule has 0 saturated carbocycles. The molecule has 3 atom stereocenters. The molecule has 0 N–H and O–H groups in total. The molecular weight excluding hydrogens is 264 g/mol. The fourth-order valence-electron chi connectivity index (χ4n) is 4.07. The fourth-order valence-corrected chi connectivity index (χ4v) is 4.07. The van der Waals surface area contributed by atoms with Crippen LogP contribution >= 0.6 is 0 Å². The fraction of sp³-hybridized carbons (Fsp3) is 0.667. The van der Waals surface area contributed by atoms with Crippen LogP contribution in [0.1, 0.15) is 91.5 Å². The largest absolute Gasteiger partial charge is 0.457 e. The van der Waals surface area contributed by atoms with E-state index in [1.165, 1.54) is 0 Å². The molecule has 0 saturated heterocycles. The Bertz CT molecular complexity index is 606. The monoisotopic (exact) mass is 288 g/mol. The van der Waals surface area contributed by atoms with E-state index in [0.717, 1.165) is 23.3 Å². The lowest BCUT2D eigenvalue weighted by Crippen LogP contribution is -2.34. The highest BCUT2D eigenvalue weighted by molar-refractivity contribution is 6.06. The van der Waals surface area contributed by atoms with Gasteiger partial charge in [0, 0.05) is 23.8 Å². The van der Waals surface area contributed by atoms with E-state index >= 15 is 0 Å². The summed E-state index contributed by atoms with van der Waals surface area (Å²) in [6.45, 7) is 10.4. The van der Waals surface area contributed by atoms with Gasteiger partial charge >= 0.3 is 0 Å². The van der Waals surface area contributed by atoms with Crippen LogP contribution in [0, 0.1) is 17.8 Å². The molecule has 0 aliphatic heterocycles. The van der Waals surface area contributed by atoms with Gasteiger partial charge in [-0.2, -0.15) is 0 Å². The minimum atomic E-state index is -0.00374. The number of hydrogen-bond acceptors (Lipinski definition) is 3. The Balaban J connectivity index is 2.24. The molecule has 0 spiro atoms. The Kier molecular flexibility index (Phi) is 3.34. The second-order valence-corrected chi connectivity index (χ2v) is 7.38. The third-order valence-corrected chi connectivity index (χ3v) is 5.22. The first kappa shape index (κ1) is 14.6. The summed E-state index contributed by atoms with van der Waals surface area (Å²) in [5.74, 6) is 2.65. The summed E-state index contributed by atoms with van der Waals surface area (Å²) in [7, 11) is 0. The minimum absolute atomic E-state index is 0.00374. The summed E-state index contributed by atoms with van der Waals surface area (Å²) in [5, 5.41) is 0. The summed E-state index contributed by atoms with van der Waals surface area (Å²) in [6, 6.07) is 0. The zero-order valence-electron chi connectivity index (χ0n) is 13.5. The van der Waals surface area contributed by atoms with Crippen molar-refractivity contribution in [1.29, 1.82) is 0 Å². The van der Waals surface area contributed by atoms with E-state index in [4.69, 9.17) is 4.42 Å². The van der Waals surface area contributed by atoms with Crippen LogP contribution in [0.5, 0.6) is 0 Å². The topological polar surface area (TPSA) is 47.3 Å². The van der Waals surface area contributed by atoms with Gasteiger partial charge in [0.15, 0.2) is 11.5 Å². The first-order valence-corrected chi connectivity index (χ1v) is 8.06. The standard InChI is InChI=1S/C18H24O3/c1-8(2)11-7-13(19)15-14-12(11)6-10(5)16(20)18(14)21-17(15)9(3)4/h8-12H,6-7H2,1-5H3/t10-,11+,12+/m1/s1. The van der Waals surface area contributed by atoms with E-state index in [2.05, 4.69) is 13.8 Å². The average molecular weight is 288 g/mol. The van der Waals surface area contributed by atoms with Crippen molar-refractivity contribution in [3.63, 3.8) is 0 Å². The first-order chi connectivity index (χ1) is 9.82. The lowest BCUT2D eigenvalue weighted by atomic mass is 9.64. The van der Waals surface area contributed by atoms with Crippen LogP contribution in [0.4, 0.5) is 0 Å². The van der Waals surface area contributed by atoms with Gasteiger partial charge in [-0.3, -0.25) is 9.59 Å². The average Bonchev–Trinajstić information content (AvgIpc) is 2.80. The SMILES string of the molecule is CC(C)c1oc2c3c1C(=O)C[C@@H](C(C)C)[C@@H]3C[C@@H](C)C2=O. The molecule has 0 unspecified atom stereocenters. The maximum atomic E-state index is 12.6. The summed E-state index contributed by atoms with van der Waals surface area (Å²) >= 11 is 0. The van der Waals surface area contributed by atoms with Crippen LogP contribution in [-0.2, 0) is 0 Å². The molecule has 21 heavy (non-hydrogen) atoms. The van der Waals surface area contributed by atoms with E-state index in [0.29, 0.717) is 29.9 Å². The van der Waals surface area contributed by atoms with Crippen LogP contribution in [0.2, 0.25) is 0 Å². The van der Waals surface area contributed by atoms with E-state index in [9.17, 15) is 9.59 Å². The molecule has 1 aromatic rings. The molecule has 0 aromatic carbocycles. The van der Waals surface area contributed by atoms with Crippen molar-refractivity contribution in [1.82, 2.24) is 0 Å². The second kappa shape index (κ2) is 4.82. The van der Waals surface area contributed by atoms with Crippen molar-refractivity contribution >= 4 is 11.6 Å². The predicted molar refractivity (Wildman–Crippen MR) is 80.9 cm³/mol. The van der Waals surface area contributed by atoms with E-state index in [1.807, 2.05) is 20.8 Å². The quantitative estimate of drug-likeness (QED) is 0.801. The molecule has 0 amide bonds. The third-order valence-electron chi connectivity index (χ3n) is 5.22. The van der Waals surface area contributed by atoms with E-state index < -0.39 is 0 Å². The van der Waals surface area contributed by atoms with Crippen molar-refractivity contribution in [2.45, 2.75) is 59.3 Å². The molecule has 3 rings (SSSR count). The van der Waals surface area contributed by atoms with Gasteiger partial charge in [-0.1, -0.05) is 34.6 Å². The lowest BCUT2D eigenvalue weighted by molar-refractivity contribution is 0.0828. The van der Waals surface area contributed by atoms with E-state index in [1.54, 1.807) is 0 Å². The number of carbonyl (C=O) groups excluding carboxylic acids is 2. The molecular formula is C18H24O3. The molecule has 1 heterocycles. The van der Waals surface area contributed by atoms with Crippen LogP contribution in [0.25, 0.3) is 0 Å². The molecule has 0 fully saturated rings. The van der Waals surface area contributed by atoms with Gasteiger partial charge in [0.2, 0.25) is 5.78 Å². The number of hydrogen-bond donors (Lipinski definition) is 0. The Morgan fingerprint density at radius 3 is 2.38 bits per heavy atom. The van der Waals surface area contributed by atoms with Gasteiger partial charge in [-0.15, -0.1) is 0 Å². The molecule has 114 valence electrons. The van der Waals surface area contributed by atoms with Gasteiger partial charge in [0.1, 0.15) is 5.76 Å². The zero-order chi connectivity index (χ0) is 15.5. The number of rotatable bonds is 2. The lowest BCUT2D eigenvalue weighted by Gasteiger charge is -2.37. The molecule has 3 nitrogen and oxygen atoms in total. The highest BCUT2D eigenvalue weighted by Crippen LogP contribution is 2.51. The van der Waals surface area contributed by atoms with Crippen LogP contribution < -0.4 is 0 Å². The van der Waals surface area contributed by atoms with Gasteiger partial charge in [-0.25, -0.2) is 0 Å². The smallest absolute Gasteiger partial charge is 0.201 e. The van der Waals surface area contributed by atoms with Crippen molar-refractivity contribution < 1.29 is 14.0 Å². The molecule has 2 aliphatic rings. The van der Waals surface area contributed by atoms with Gasteiger partial charge in [-0.05, 0) is 24.2 Å². The Labute approximate surface area is 126 Å². The van der Waals surface area contributed by atoms with Crippen LogP contribution in [0.15, 0.2) is 4.42 Å². The predicted octanol–water partition coefficient (Wildman–Crippen LogP) is 4.57. The maximum Gasteiger partial charge on any atom is 0.201 e. The van der Waals surface area contributed by atoms with Crippen LogP contribution in [0.3, 0.4) is 0 Å². The molecule has 1 aromatic heterocycles. The highest BCUT2D eigenvalue weighted by Gasteiger charge is 2.47. The van der Waals surface area contributed by atoms with Crippen molar-refractivity contribution in [3.05, 3.63) is 22.6 Å². The number of furan rings is 1. The number of Topliss-reactive ketones (excluding diaryl/α,β-unsaturated/α-hetero) is 2. The van der Waals surface area contributed by atoms with E-state index in [-0.39, 0.29) is 23.4 Å². The summed E-state index contributed by atoms with van der Waals surface area (Å²) < 4.78 is 5.91. The third kappa shape index (κ3) is 2.01. The molecule has 0 bridgehead atoms. The maximum absolute atomic E-state index is 12.6.